The van der Waals surface area contributed by atoms with Crippen molar-refractivity contribution in [3.05, 3.63) is 90.0 Å². The number of hydrogen-bond donors (Lipinski definition) is 1. The van der Waals surface area contributed by atoms with Gasteiger partial charge in [0, 0.05) is 42.5 Å². The standard InChI is InChI=1S/C26H28N2O3/c1-31-24-13-11-22(12-14-24)28(26(30)20-7-3-2-4-8-20)23-15-17-27(18-16-23)19-21-9-5-6-10-25(21)29/h2-14,23,29H,15-19H2,1H3. The number of amides is 1. The molecule has 1 heterocycles. The molecule has 1 fully saturated rings. The Bertz CT molecular complexity index is 997. The summed E-state index contributed by atoms with van der Waals surface area (Å²) in [4.78, 5) is 17.7. The summed E-state index contributed by atoms with van der Waals surface area (Å²) < 4.78 is 5.29. The minimum atomic E-state index is 0.0184. The minimum Gasteiger partial charge on any atom is -0.508 e. The Morgan fingerprint density at radius 2 is 1.61 bits per heavy atom. The molecule has 1 amide bonds. The number of rotatable bonds is 6. The van der Waals surface area contributed by atoms with Crippen molar-refractivity contribution in [3.8, 4) is 11.5 Å². The van der Waals surface area contributed by atoms with Crippen molar-refractivity contribution in [1.82, 2.24) is 4.90 Å². The van der Waals surface area contributed by atoms with Gasteiger partial charge in [0.2, 0.25) is 0 Å². The zero-order valence-corrected chi connectivity index (χ0v) is 17.8. The fourth-order valence-electron chi connectivity index (χ4n) is 4.18. The van der Waals surface area contributed by atoms with Gasteiger partial charge in [-0.2, -0.15) is 0 Å². The summed E-state index contributed by atoms with van der Waals surface area (Å²) in [6, 6.07) is 24.7. The highest BCUT2D eigenvalue weighted by Gasteiger charge is 2.30. The number of para-hydroxylation sites is 1. The highest BCUT2D eigenvalue weighted by Crippen LogP contribution is 2.29. The molecule has 0 aliphatic carbocycles. The second-order valence-electron chi connectivity index (χ2n) is 7.88. The molecule has 0 bridgehead atoms. The van der Waals surface area contributed by atoms with Gasteiger partial charge in [-0.25, -0.2) is 0 Å². The van der Waals surface area contributed by atoms with Crippen LogP contribution in [0.1, 0.15) is 28.8 Å². The number of benzene rings is 3. The smallest absolute Gasteiger partial charge is 0.258 e. The van der Waals surface area contributed by atoms with Crippen molar-refractivity contribution in [2.75, 3.05) is 25.1 Å². The Balaban J connectivity index is 1.52. The second-order valence-corrected chi connectivity index (χ2v) is 7.88. The largest absolute Gasteiger partial charge is 0.508 e. The number of phenols is 1. The summed E-state index contributed by atoms with van der Waals surface area (Å²) in [5.41, 5.74) is 2.51. The monoisotopic (exact) mass is 416 g/mol. The summed E-state index contributed by atoms with van der Waals surface area (Å²) in [6.45, 7) is 2.45. The van der Waals surface area contributed by atoms with E-state index >= 15 is 0 Å². The number of carbonyl (C=O) groups is 1. The summed E-state index contributed by atoms with van der Waals surface area (Å²) in [6.07, 6.45) is 1.75. The maximum absolute atomic E-state index is 13.5. The van der Waals surface area contributed by atoms with Crippen LogP contribution in [0.4, 0.5) is 5.69 Å². The number of ether oxygens (including phenoxy) is 1. The van der Waals surface area contributed by atoms with E-state index in [2.05, 4.69) is 4.90 Å². The van der Waals surface area contributed by atoms with E-state index in [0.717, 1.165) is 42.9 Å². The quantitative estimate of drug-likeness (QED) is 0.632. The van der Waals surface area contributed by atoms with E-state index in [-0.39, 0.29) is 11.9 Å². The van der Waals surface area contributed by atoms with Crippen LogP contribution in [0, 0.1) is 0 Å². The Morgan fingerprint density at radius 3 is 2.26 bits per heavy atom. The molecule has 3 aromatic carbocycles. The third-order valence-corrected chi connectivity index (χ3v) is 5.90. The van der Waals surface area contributed by atoms with Crippen molar-refractivity contribution in [3.63, 3.8) is 0 Å². The number of aromatic hydroxyl groups is 1. The maximum Gasteiger partial charge on any atom is 0.258 e. The number of methoxy groups -OCH3 is 1. The Kier molecular flexibility index (Phi) is 6.53. The van der Waals surface area contributed by atoms with Crippen molar-refractivity contribution < 1.29 is 14.6 Å². The third-order valence-electron chi connectivity index (χ3n) is 5.90. The maximum atomic E-state index is 13.5. The second kappa shape index (κ2) is 9.67. The molecule has 160 valence electrons. The van der Waals surface area contributed by atoms with Crippen LogP contribution in [-0.2, 0) is 6.54 Å². The first kappa shape index (κ1) is 20.9. The molecule has 0 spiro atoms. The van der Waals surface area contributed by atoms with E-state index in [1.54, 1.807) is 13.2 Å². The predicted molar refractivity (Wildman–Crippen MR) is 123 cm³/mol. The fraction of sp³-hybridized carbons (Fsp3) is 0.269. The van der Waals surface area contributed by atoms with Crippen LogP contribution >= 0.6 is 0 Å². The van der Waals surface area contributed by atoms with Gasteiger partial charge in [0.1, 0.15) is 11.5 Å². The van der Waals surface area contributed by atoms with E-state index in [1.807, 2.05) is 77.7 Å². The minimum absolute atomic E-state index is 0.0184. The summed E-state index contributed by atoms with van der Waals surface area (Å²) in [5.74, 6) is 1.13. The highest BCUT2D eigenvalue weighted by atomic mass is 16.5. The van der Waals surface area contributed by atoms with Crippen molar-refractivity contribution in [2.45, 2.75) is 25.4 Å². The molecule has 5 nitrogen and oxygen atoms in total. The first-order chi connectivity index (χ1) is 15.2. The fourth-order valence-corrected chi connectivity index (χ4v) is 4.18. The van der Waals surface area contributed by atoms with Crippen LogP contribution in [0.2, 0.25) is 0 Å². The normalized spacial score (nSPS) is 14.9. The molecule has 0 saturated carbocycles. The molecule has 3 aromatic rings. The van der Waals surface area contributed by atoms with E-state index in [1.165, 1.54) is 0 Å². The molecule has 0 atom stereocenters. The van der Waals surface area contributed by atoms with Crippen molar-refractivity contribution in [2.24, 2.45) is 0 Å². The van der Waals surface area contributed by atoms with E-state index in [9.17, 15) is 9.90 Å². The van der Waals surface area contributed by atoms with Crippen LogP contribution in [0.3, 0.4) is 0 Å². The van der Waals surface area contributed by atoms with Crippen LogP contribution in [0.25, 0.3) is 0 Å². The van der Waals surface area contributed by atoms with Gasteiger partial charge in [-0.15, -0.1) is 0 Å². The Hall–Kier alpha value is -3.31. The van der Waals surface area contributed by atoms with Crippen molar-refractivity contribution >= 4 is 11.6 Å². The van der Waals surface area contributed by atoms with Gasteiger partial charge in [0.05, 0.1) is 7.11 Å². The molecule has 5 heteroatoms. The Morgan fingerprint density at radius 1 is 0.968 bits per heavy atom. The lowest BCUT2D eigenvalue weighted by Gasteiger charge is -2.38. The SMILES string of the molecule is COc1ccc(N(C(=O)c2ccccc2)C2CCN(Cc3ccccc3O)CC2)cc1. The topological polar surface area (TPSA) is 53.0 Å². The van der Waals surface area contributed by atoms with Crippen LogP contribution in [0.15, 0.2) is 78.9 Å². The molecule has 1 aliphatic rings. The molecular formula is C26H28N2O3. The van der Waals surface area contributed by atoms with Gasteiger partial charge >= 0.3 is 0 Å². The zero-order valence-electron chi connectivity index (χ0n) is 17.8. The van der Waals surface area contributed by atoms with Crippen LogP contribution in [0.5, 0.6) is 11.5 Å². The van der Waals surface area contributed by atoms with E-state index in [0.29, 0.717) is 17.9 Å². The highest BCUT2D eigenvalue weighted by molar-refractivity contribution is 6.06. The van der Waals surface area contributed by atoms with Crippen LogP contribution in [-0.4, -0.2) is 42.2 Å². The Labute approximate surface area is 183 Å². The number of nitrogens with zero attached hydrogens (tertiary/aromatic N) is 2. The lowest BCUT2D eigenvalue weighted by atomic mass is 10.00. The van der Waals surface area contributed by atoms with Gasteiger partial charge in [-0.3, -0.25) is 9.69 Å². The van der Waals surface area contributed by atoms with Crippen molar-refractivity contribution in [1.29, 1.82) is 0 Å². The number of piperidine rings is 1. The number of anilines is 1. The molecule has 0 radical (unpaired) electrons. The van der Waals surface area contributed by atoms with Gasteiger partial charge < -0.3 is 14.7 Å². The lowest BCUT2D eigenvalue weighted by Crippen LogP contribution is -2.47. The molecular weight excluding hydrogens is 388 g/mol. The number of carbonyl (C=O) groups excluding carboxylic acids is 1. The molecule has 31 heavy (non-hydrogen) atoms. The van der Waals surface area contributed by atoms with Gasteiger partial charge in [-0.1, -0.05) is 36.4 Å². The van der Waals surface area contributed by atoms with Gasteiger partial charge in [0.25, 0.3) is 5.91 Å². The molecule has 4 rings (SSSR count). The average Bonchev–Trinajstić information content (AvgIpc) is 2.83. The van der Waals surface area contributed by atoms with Crippen LogP contribution < -0.4 is 9.64 Å². The summed E-state index contributed by atoms with van der Waals surface area (Å²) in [5, 5.41) is 10.1. The van der Waals surface area contributed by atoms with Gasteiger partial charge in [-0.05, 0) is 55.3 Å². The molecule has 0 unspecified atom stereocenters. The number of phenolic OH excluding ortho intramolecular Hbond substituents is 1. The van der Waals surface area contributed by atoms with E-state index < -0.39 is 0 Å². The first-order valence-electron chi connectivity index (χ1n) is 10.7. The average molecular weight is 417 g/mol. The predicted octanol–water partition coefficient (Wildman–Crippen LogP) is 4.71. The molecule has 0 aromatic heterocycles. The number of likely N-dealkylation sites (tertiary alicyclic amines) is 1. The molecule has 1 aliphatic heterocycles. The molecule has 1 N–H and O–H groups in total. The third kappa shape index (κ3) is 4.89. The molecule has 1 saturated heterocycles. The lowest BCUT2D eigenvalue weighted by molar-refractivity contribution is 0.0958. The summed E-state index contributed by atoms with van der Waals surface area (Å²) in [7, 11) is 1.64. The van der Waals surface area contributed by atoms with E-state index in [4.69, 9.17) is 4.74 Å². The summed E-state index contributed by atoms with van der Waals surface area (Å²) >= 11 is 0. The first-order valence-corrected chi connectivity index (χ1v) is 10.7. The van der Waals surface area contributed by atoms with Gasteiger partial charge in [0.15, 0.2) is 0 Å². The zero-order chi connectivity index (χ0) is 21.6. The number of hydrogen-bond acceptors (Lipinski definition) is 4.